The number of carbonyl (C=O) groups is 2. The van der Waals surface area contributed by atoms with Crippen LogP contribution < -0.4 is 10.2 Å². The average molecular weight is 361 g/mol. The Balaban J connectivity index is 1.35. The maximum absolute atomic E-state index is 12.3. The van der Waals surface area contributed by atoms with Crippen molar-refractivity contribution in [1.29, 1.82) is 0 Å². The Hall–Kier alpha value is -3.48. The second kappa shape index (κ2) is 7.41. The van der Waals surface area contributed by atoms with E-state index in [0.29, 0.717) is 17.9 Å². The molecule has 1 fully saturated rings. The van der Waals surface area contributed by atoms with Gasteiger partial charge >= 0.3 is 0 Å². The summed E-state index contributed by atoms with van der Waals surface area (Å²) in [5, 5.41) is 6.96. The quantitative estimate of drug-likeness (QED) is 0.757. The van der Waals surface area contributed by atoms with E-state index in [1.54, 1.807) is 40.3 Å². The number of benzene rings is 1. The molecule has 0 saturated carbocycles. The minimum atomic E-state index is -0.117. The summed E-state index contributed by atoms with van der Waals surface area (Å²) < 4.78 is 1.65. The first-order chi connectivity index (χ1) is 13.2. The lowest BCUT2D eigenvalue weighted by molar-refractivity contribution is -0.117. The van der Waals surface area contributed by atoms with Gasteiger partial charge in [-0.2, -0.15) is 5.10 Å². The highest BCUT2D eigenvalue weighted by Gasteiger charge is 2.21. The van der Waals surface area contributed by atoms with Gasteiger partial charge in [0.25, 0.3) is 0 Å². The van der Waals surface area contributed by atoms with Crippen molar-refractivity contribution in [3.63, 3.8) is 0 Å². The summed E-state index contributed by atoms with van der Waals surface area (Å²) in [6, 6.07) is 13.0. The van der Waals surface area contributed by atoms with Crippen LogP contribution in [0.4, 0.5) is 11.4 Å². The Morgan fingerprint density at radius 2 is 2.00 bits per heavy atom. The molecule has 2 amide bonds. The Morgan fingerprint density at radius 3 is 2.63 bits per heavy atom. The molecule has 3 aromatic rings. The third-order valence-corrected chi connectivity index (χ3v) is 4.46. The van der Waals surface area contributed by atoms with Gasteiger partial charge in [-0.15, -0.1) is 0 Å². The number of hydrogen-bond donors (Lipinski definition) is 1. The summed E-state index contributed by atoms with van der Waals surface area (Å²) in [6.45, 7) is 0.764. The van der Waals surface area contributed by atoms with E-state index in [0.717, 1.165) is 24.2 Å². The van der Waals surface area contributed by atoms with E-state index in [1.165, 1.54) is 0 Å². The van der Waals surface area contributed by atoms with Crippen molar-refractivity contribution in [2.24, 2.45) is 0 Å². The molecule has 0 atom stereocenters. The number of aromatic nitrogens is 3. The number of pyridine rings is 1. The summed E-state index contributed by atoms with van der Waals surface area (Å²) >= 11 is 0. The molecule has 1 aromatic carbocycles. The van der Waals surface area contributed by atoms with Crippen molar-refractivity contribution >= 4 is 23.2 Å². The molecular weight excluding hydrogens is 342 g/mol. The number of amides is 2. The Labute approximate surface area is 156 Å². The van der Waals surface area contributed by atoms with Crippen molar-refractivity contribution in [2.45, 2.75) is 19.3 Å². The van der Waals surface area contributed by atoms with E-state index >= 15 is 0 Å². The molecule has 0 spiro atoms. The molecule has 1 saturated heterocycles. The number of anilines is 2. The standard InChI is InChI=1S/C20H19N5O2/c26-19(23-16-6-9-18(21-14-16)25-12-2-10-22-25)13-15-4-7-17(8-5-15)24-11-1-3-20(24)27/h2,4-10,12,14H,1,3,11,13H2,(H,23,26). The number of carbonyl (C=O) groups excluding carboxylic acids is 2. The number of nitrogens with zero attached hydrogens (tertiary/aromatic N) is 4. The highest BCUT2D eigenvalue weighted by atomic mass is 16.2. The predicted molar refractivity (Wildman–Crippen MR) is 102 cm³/mol. The van der Waals surface area contributed by atoms with E-state index in [9.17, 15) is 9.59 Å². The topological polar surface area (TPSA) is 80.1 Å². The molecule has 0 bridgehead atoms. The molecule has 1 aliphatic rings. The highest BCUT2D eigenvalue weighted by molar-refractivity contribution is 5.95. The van der Waals surface area contributed by atoms with Crippen LogP contribution in [0.3, 0.4) is 0 Å². The monoisotopic (exact) mass is 361 g/mol. The predicted octanol–water partition coefficient (Wildman–Crippen LogP) is 2.58. The van der Waals surface area contributed by atoms with Gasteiger partial charge in [-0.3, -0.25) is 9.59 Å². The first-order valence-electron chi connectivity index (χ1n) is 8.84. The fraction of sp³-hybridized carbons (Fsp3) is 0.200. The molecule has 7 nitrogen and oxygen atoms in total. The van der Waals surface area contributed by atoms with Crippen LogP contribution in [0.25, 0.3) is 5.82 Å². The van der Waals surface area contributed by atoms with Gasteiger partial charge in [0.2, 0.25) is 11.8 Å². The van der Waals surface area contributed by atoms with Gasteiger partial charge in [0, 0.05) is 31.0 Å². The van der Waals surface area contributed by atoms with Crippen molar-refractivity contribution in [3.8, 4) is 5.82 Å². The Morgan fingerprint density at radius 1 is 1.15 bits per heavy atom. The molecule has 1 aliphatic heterocycles. The largest absolute Gasteiger partial charge is 0.324 e. The SMILES string of the molecule is O=C(Cc1ccc(N2CCCC2=O)cc1)Nc1ccc(-n2cccn2)nc1. The molecule has 4 rings (SSSR count). The van der Waals surface area contributed by atoms with Crippen LogP contribution in [0.1, 0.15) is 18.4 Å². The van der Waals surface area contributed by atoms with Gasteiger partial charge < -0.3 is 10.2 Å². The van der Waals surface area contributed by atoms with Crippen LogP contribution in [-0.4, -0.2) is 33.1 Å². The maximum Gasteiger partial charge on any atom is 0.228 e. The second-order valence-corrected chi connectivity index (χ2v) is 6.40. The van der Waals surface area contributed by atoms with Gasteiger partial charge in [0.15, 0.2) is 5.82 Å². The molecule has 2 aromatic heterocycles. The lowest BCUT2D eigenvalue weighted by Gasteiger charge is -2.15. The zero-order chi connectivity index (χ0) is 18.6. The zero-order valence-electron chi connectivity index (χ0n) is 14.7. The van der Waals surface area contributed by atoms with E-state index in [4.69, 9.17) is 0 Å². The Bertz CT molecular complexity index is 934. The molecule has 0 aliphatic carbocycles. The molecular formula is C20H19N5O2. The summed E-state index contributed by atoms with van der Waals surface area (Å²) in [5.41, 5.74) is 2.42. The van der Waals surface area contributed by atoms with Crippen LogP contribution in [0.2, 0.25) is 0 Å². The molecule has 3 heterocycles. The number of nitrogens with one attached hydrogen (secondary N) is 1. The van der Waals surface area contributed by atoms with E-state index in [-0.39, 0.29) is 18.2 Å². The third kappa shape index (κ3) is 3.87. The van der Waals surface area contributed by atoms with Gasteiger partial charge in [0.05, 0.1) is 18.3 Å². The molecule has 7 heteroatoms. The zero-order valence-corrected chi connectivity index (χ0v) is 14.7. The summed E-state index contributed by atoms with van der Waals surface area (Å²) in [7, 11) is 0. The van der Waals surface area contributed by atoms with Crippen molar-refractivity contribution in [2.75, 3.05) is 16.8 Å². The number of hydrogen-bond acceptors (Lipinski definition) is 4. The first kappa shape index (κ1) is 17.0. The summed E-state index contributed by atoms with van der Waals surface area (Å²) in [4.78, 5) is 30.1. The molecule has 27 heavy (non-hydrogen) atoms. The van der Waals surface area contributed by atoms with Crippen LogP contribution in [0.15, 0.2) is 61.1 Å². The fourth-order valence-electron chi connectivity index (χ4n) is 3.11. The fourth-order valence-corrected chi connectivity index (χ4v) is 3.11. The van der Waals surface area contributed by atoms with Crippen LogP contribution >= 0.6 is 0 Å². The van der Waals surface area contributed by atoms with Crippen LogP contribution in [-0.2, 0) is 16.0 Å². The number of rotatable bonds is 5. The molecule has 1 N–H and O–H groups in total. The van der Waals surface area contributed by atoms with Crippen LogP contribution in [0.5, 0.6) is 0 Å². The molecule has 0 radical (unpaired) electrons. The Kier molecular flexibility index (Phi) is 4.65. The summed E-state index contributed by atoms with van der Waals surface area (Å²) in [6.07, 6.45) is 6.86. The van der Waals surface area contributed by atoms with Crippen LogP contribution in [0, 0.1) is 0 Å². The maximum atomic E-state index is 12.3. The molecule has 136 valence electrons. The lowest BCUT2D eigenvalue weighted by atomic mass is 10.1. The smallest absolute Gasteiger partial charge is 0.228 e. The van der Waals surface area contributed by atoms with Crippen molar-refractivity contribution in [1.82, 2.24) is 14.8 Å². The van der Waals surface area contributed by atoms with Gasteiger partial charge in [-0.05, 0) is 42.3 Å². The van der Waals surface area contributed by atoms with E-state index in [1.807, 2.05) is 30.3 Å². The lowest BCUT2D eigenvalue weighted by Crippen LogP contribution is -2.23. The van der Waals surface area contributed by atoms with E-state index in [2.05, 4.69) is 15.4 Å². The minimum absolute atomic E-state index is 0.117. The van der Waals surface area contributed by atoms with Gasteiger partial charge in [-0.25, -0.2) is 9.67 Å². The van der Waals surface area contributed by atoms with Crippen molar-refractivity contribution < 1.29 is 9.59 Å². The van der Waals surface area contributed by atoms with Gasteiger partial charge in [0.1, 0.15) is 0 Å². The van der Waals surface area contributed by atoms with Gasteiger partial charge in [-0.1, -0.05) is 12.1 Å². The summed E-state index contributed by atoms with van der Waals surface area (Å²) in [5.74, 6) is 0.727. The highest BCUT2D eigenvalue weighted by Crippen LogP contribution is 2.21. The third-order valence-electron chi connectivity index (χ3n) is 4.46. The van der Waals surface area contributed by atoms with Crippen molar-refractivity contribution in [3.05, 3.63) is 66.6 Å². The molecule has 0 unspecified atom stereocenters. The normalized spacial score (nSPS) is 13.8. The first-order valence-corrected chi connectivity index (χ1v) is 8.84. The second-order valence-electron chi connectivity index (χ2n) is 6.40. The minimum Gasteiger partial charge on any atom is -0.324 e. The average Bonchev–Trinajstić information content (AvgIpc) is 3.35. The van der Waals surface area contributed by atoms with E-state index < -0.39 is 0 Å².